The van der Waals surface area contributed by atoms with Gasteiger partial charge in [-0.15, -0.1) is 12.4 Å². The van der Waals surface area contributed by atoms with Crippen molar-refractivity contribution in [1.29, 1.82) is 0 Å². The van der Waals surface area contributed by atoms with Gasteiger partial charge in [0.25, 0.3) is 0 Å². The number of carbonyl (C=O) groups is 1. The number of anilines is 2. The van der Waals surface area contributed by atoms with E-state index in [4.69, 9.17) is 5.73 Å². The Balaban J connectivity index is 0. The number of nitrogens with one attached hydrogen (secondary N) is 1. The average Bonchev–Trinajstić information content (AvgIpc) is 1.96. The third-order valence-electron chi connectivity index (χ3n) is 1.30. The summed E-state index contributed by atoms with van der Waals surface area (Å²) in [5.41, 5.74) is 5.92. The Hall–Kier alpha value is -1.33. The van der Waals surface area contributed by atoms with Gasteiger partial charge in [-0.3, -0.25) is 4.79 Å². The molecule has 0 saturated carbocycles. The SMILES string of the molecule is CC(=O)Nc1cc(N)ccc1F.Cl.O. The molecule has 0 aliphatic heterocycles. The first-order valence-electron chi connectivity index (χ1n) is 3.42. The van der Waals surface area contributed by atoms with E-state index in [2.05, 4.69) is 5.32 Å². The molecule has 0 aliphatic carbocycles. The Morgan fingerprint density at radius 3 is 2.57 bits per heavy atom. The number of halogens is 2. The molecule has 4 nitrogen and oxygen atoms in total. The minimum Gasteiger partial charge on any atom is -0.412 e. The molecular formula is C8H12ClFN2O2. The van der Waals surface area contributed by atoms with Crippen molar-refractivity contribution in [3.63, 3.8) is 0 Å². The second-order valence-corrected chi connectivity index (χ2v) is 2.42. The molecule has 1 aromatic rings. The third kappa shape index (κ3) is 4.06. The van der Waals surface area contributed by atoms with E-state index in [0.29, 0.717) is 5.69 Å². The summed E-state index contributed by atoms with van der Waals surface area (Å²) < 4.78 is 12.9. The van der Waals surface area contributed by atoms with Crippen molar-refractivity contribution in [2.24, 2.45) is 0 Å². The minimum atomic E-state index is -0.487. The zero-order valence-corrected chi connectivity index (χ0v) is 8.32. The number of nitrogens with two attached hydrogens (primary N) is 1. The molecule has 0 unspecified atom stereocenters. The van der Waals surface area contributed by atoms with Crippen molar-refractivity contribution in [3.05, 3.63) is 24.0 Å². The van der Waals surface area contributed by atoms with Crippen LogP contribution in [-0.4, -0.2) is 11.4 Å². The van der Waals surface area contributed by atoms with Crippen molar-refractivity contribution >= 4 is 29.7 Å². The Labute approximate surface area is 87.0 Å². The van der Waals surface area contributed by atoms with E-state index in [0.717, 1.165) is 0 Å². The number of amides is 1. The van der Waals surface area contributed by atoms with Crippen molar-refractivity contribution in [2.75, 3.05) is 11.1 Å². The molecule has 0 aliphatic rings. The fourth-order valence-electron chi connectivity index (χ4n) is 0.828. The van der Waals surface area contributed by atoms with Gasteiger partial charge in [0.05, 0.1) is 5.69 Å². The first kappa shape index (κ1) is 15.2. The lowest BCUT2D eigenvalue weighted by Crippen LogP contribution is -2.07. The summed E-state index contributed by atoms with van der Waals surface area (Å²) in [5.74, 6) is -0.807. The molecule has 0 spiro atoms. The lowest BCUT2D eigenvalue weighted by Gasteiger charge is -2.03. The van der Waals surface area contributed by atoms with Gasteiger partial charge >= 0.3 is 0 Å². The Kier molecular flexibility index (Phi) is 6.68. The maximum Gasteiger partial charge on any atom is 0.221 e. The molecule has 0 aromatic heterocycles. The minimum absolute atomic E-state index is 0. The molecule has 0 radical (unpaired) electrons. The molecule has 0 bridgehead atoms. The van der Waals surface area contributed by atoms with Crippen molar-refractivity contribution in [3.8, 4) is 0 Å². The lowest BCUT2D eigenvalue weighted by molar-refractivity contribution is -0.114. The maximum absolute atomic E-state index is 12.9. The van der Waals surface area contributed by atoms with Gasteiger partial charge in [-0.2, -0.15) is 0 Å². The highest BCUT2D eigenvalue weighted by atomic mass is 35.5. The molecule has 6 heteroatoms. The summed E-state index contributed by atoms with van der Waals surface area (Å²) in [6, 6.07) is 4.01. The van der Waals surface area contributed by atoms with E-state index in [1.165, 1.54) is 25.1 Å². The van der Waals surface area contributed by atoms with Gasteiger partial charge < -0.3 is 16.5 Å². The Morgan fingerprint density at radius 2 is 2.07 bits per heavy atom. The second-order valence-electron chi connectivity index (χ2n) is 2.42. The van der Waals surface area contributed by atoms with Crippen LogP contribution in [0.2, 0.25) is 0 Å². The molecule has 14 heavy (non-hydrogen) atoms. The van der Waals surface area contributed by atoms with Gasteiger partial charge in [0, 0.05) is 12.6 Å². The number of benzene rings is 1. The van der Waals surface area contributed by atoms with E-state index in [9.17, 15) is 9.18 Å². The maximum atomic E-state index is 12.9. The summed E-state index contributed by atoms with van der Waals surface area (Å²) in [6.45, 7) is 1.31. The van der Waals surface area contributed by atoms with Crippen LogP contribution in [0.15, 0.2) is 18.2 Å². The Morgan fingerprint density at radius 1 is 1.50 bits per heavy atom. The van der Waals surface area contributed by atoms with Crippen molar-refractivity contribution in [1.82, 2.24) is 0 Å². The van der Waals surface area contributed by atoms with E-state index in [1.807, 2.05) is 0 Å². The van der Waals surface area contributed by atoms with Crippen LogP contribution in [0.4, 0.5) is 15.8 Å². The second kappa shape index (κ2) is 6.17. The van der Waals surface area contributed by atoms with Crippen LogP contribution in [0.1, 0.15) is 6.92 Å². The normalized spacial score (nSPS) is 8.14. The number of nitrogen functional groups attached to an aromatic ring is 1. The van der Waals surface area contributed by atoms with Crippen LogP contribution in [0.3, 0.4) is 0 Å². The van der Waals surface area contributed by atoms with E-state index in [-0.39, 0.29) is 29.5 Å². The zero-order valence-electron chi connectivity index (χ0n) is 7.50. The van der Waals surface area contributed by atoms with Crippen molar-refractivity contribution in [2.45, 2.75) is 6.92 Å². The lowest BCUT2D eigenvalue weighted by atomic mass is 10.2. The summed E-state index contributed by atoms with van der Waals surface area (Å²) >= 11 is 0. The summed E-state index contributed by atoms with van der Waals surface area (Å²) in [6.07, 6.45) is 0. The highest BCUT2D eigenvalue weighted by Crippen LogP contribution is 2.16. The molecule has 80 valence electrons. The van der Waals surface area contributed by atoms with Gasteiger partial charge in [0.2, 0.25) is 5.91 Å². The smallest absolute Gasteiger partial charge is 0.221 e. The van der Waals surface area contributed by atoms with Crippen LogP contribution in [0.5, 0.6) is 0 Å². The number of hydrogen-bond donors (Lipinski definition) is 2. The molecule has 0 atom stereocenters. The number of hydrogen-bond acceptors (Lipinski definition) is 2. The third-order valence-corrected chi connectivity index (χ3v) is 1.30. The fraction of sp³-hybridized carbons (Fsp3) is 0.125. The van der Waals surface area contributed by atoms with Crippen molar-refractivity contribution < 1.29 is 14.7 Å². The van der Waals surface area contributed by atoms with Gasteiger partial charge in [-0.25, -0.2) is 4.39 Å². The van der Waals surface area contributed by atoms with Crippen LogP contribution in [0, 0.1) is 5.82 Å². The molecule has 0 heterocycles. The first-order chi connectivity index (χ1) is 5.59. The zero-order chi connectivity index (χ0) is 9.14. The van der Waals surface area contributed by atoms with Gasteiger partial charge in [-0.05, 0) is 18.2 Å². The van der Waals surface area contributed by atoms with Crippen LogP contribution in [0.25, 0.3) is 0 Å². The topological polar surface area (TPSA) is 86.6 Å². The predicted molar refractivity (Wildman–Crippen MR) is 56.0 cm³/mol. The predicted octanol–water partition coefficient (Wildman–Crippen LogP) is 0.963. The van der Waals surface area contributed by atoms with E-state index < -0.39 is 5.82 Å². The van der Waals surface area contributed by atoms with Gasteiger partial charge in [0.1, 0.15) is 5.82 Å². The molecule has 1 rings (SSSR count). The molecule has 0 saturated heterocycles. The highest BCUT2D eigenvalue weighted by Gasteiger charge is 2.02. The molecule has 5 N–H and O–H groups in total. The monoisotopic (exact) mass is 222 g/mol. The fourth-order valence-corrected chi connectivity index (χ4v) is 0.828. The molecule has 1 amide bonds. The van der Waals surface area contributed by atoms with E-state index >= 15 is 0 Å². The molecule has 0 fully saturated rings. The van der Waals surface area contributed by atoms with Gasteiger partial charge in [-0.1, -0.05) is 0 Å². The highest BCUT2D eigenvalue weighted by molar-refractivity contribution is 5.89. The largest absolute Gasteiger partial charge is 0.412 e. The van der Waals surface area contributed by atoms with E-state index in [1.54, 1.807) is 0 Å². The van der Waals surface area contributed by atoms with Crippen LogP contribution < -0.4 is 11.1 Å². The number of carbonyl (C=O) groups excluding carboxylic acids is 1. The summed E-state index contributed by atoms with van der Waals surface area (Å²) in [4.78, 5) is 10.6. The molecular weight excluding hydrogens is 211 g/mol. The first-order valence-corrected chi connectivity index (χ1v) is 3.42. The summed E-state index contributed by atoms with van der Waals surface area (Å²) in [5, 5.41) is 2.32. The van der Waals surface area contributed by atoms with Crippen LogP contribution in [-0.2, 0) is 4.79 Å². The quantitative estimate of drug-likeness (QED) is 0.694. The van der Waals surface area contributed by atoms with Crippen LogP contribution >= 0.6 is 12.4 Å². The van der Waals surface area contributed by atoms with Gasteiger partial charge in [0.15, 0.2) is 0 Å². The Bertz CT molecular complexity index is 320. The number of rotatable bonds is 1. The summed E-state index contributed by atoms with van der Waals surface area (Å²) in [7, 11) is 0. The molecule has 1 aromatic carbocycles. The standard InChI is InChI=1S/C8H9FN2O.ClH.H2O/c1-5(12)11-8-4-6(10)2-3-7(8)9;;/h2-4H,10H2,1H3,(H,11,12);1H;1H2. The average molecular weight is 223 g/mol.